The van der Waals surface area contributed by atoms with Gasteiger partial charge in [-0.25, -0.2) is 0 Å². The van der Waals surface area contributed by atoms with Crippen molar-refractivity contribution in [3.8, 4) is 5.75 Å². The van der Waals surface area contributed by atoms with Gasteiger partial charge in [-0.3, -0.25) is 4.79 Å². The highest BCUT2D eigenvalue weighted by Crippen LogP contribution is 2.19. The Hall–Kier alpha value is -1.56. The summed E-state index contributed by atoms with van der Waals surface area (Å²) >= 11 is 2.23. The van der Waals surface area contributed by atoms with E-state index in [9.17, 15) is 4.79 Å². The van der Waals surface area contributed by atoms with Gasteiger partial charge in [0, 0.05) is 9.26 Å². The molecule has 2 aromatic rings. The molecule has 0 saturated heterocycles. The van der Waals surface area contributed by atoms with Crippen molar-refractivity contribution in [3.63, 3.8) is 0 Å². The van der Waals surface area contributed by atoms with Gasteiger partial charge < -0.3 is 10.1 Å². The fourth-order valence-corrected chi connectivity index (χ4v) is 2.60. The Bertz CT molecular complexity index is 632. The van der Waals surface area contributed by atoms with Gasteiger partial charge in [-0.2, -0.15) is 0 Å². The first-order valence-electron chi connectivity index (χ1n) is 7.29. The zero-order valence-corrected chi connectivity index (χ0v) is 15.2. The van der Waals surface area contributed by atoms with Crippen LogP contribution in [0.5, 0.6) is 5.75 Å². The van der Waals surface area contributed by atoms with E-state index in [0.29, 0.717) is 6.42 Å². The molecular formula is C18H20INO2. The minimum absolute atomic E-state index is 0.122. The Labute approximate surface area is 145 Å². The lowest BCUT2D eigenvalue weighted by Gasteiger charge is -2.18. The predicted octanol–water partition coefficient (Wildman–Crippen LogP) is 4.70. The van der Waals surface area contributed by atoms with Gasteiger partial charge in [0.15, 0.2) is 6.10 Å². The number of halogens is 1. The molecule has 1 unspecified atom stereocenters. The summed E-state index contributed by atoms with van der Waals surface area (Å²) in [5.41, 5.74) is 3.04. The SMILES string of the molecule is CCC(Oc1cc(C)cc(C)c1)C(=O)Nc1ccc(I)cc1. The van der Waals surface area contributed by atoms with Crippen LogP contribution in [0.3, 0.4) is 0 Å². The molecule has 0 heterocycles. The maximum absolute atomic E-state index is 12.4. The van der Waals surface area contributed by atoms with Crippen LogP contribution < -0.4 is 10.1 Å². The van der Waals surface area contributed by atoms with Crippen LogP contribution in [-0.4, -0.2) is 12.0 Å². The van der Waals surface area contributed by atoms with Crippen molar-refractivity contribution >= 4 is 34.2 Å². The van der Waals surface area contributed by atoms with Crippen LogP contribution in [0.4, 0.5) is 5.69 Å². The van der Waals surface area contributed by atoms with Gasteiger partial charge in [-0.1, -0.05) is 13.0 Å². The fourth-order valence-electron chi connectivity index (χ4n) is 2.24. The molecule has 0 fully saturated rings. The van der Waals surface area contributed by atoms with Crippen LogP contribution in [0.2, 0.25) is 0 Å². The molecule has 1 atom stereocenters. The van der Waals surface area contributed by atoms with Crippen LogP contribution in [0.15, 0.2) is 42.5 Å². The molecule has 2 rings (SSSR count). The van der Waals surface area contributed by atoms with E-state index in [-0.39, 0.29) is 5.91 Å². The molecule has 22 heavy (non-hydrogen) atoms. The molecule has 0 aromatic heterocycles. The Morgan fingerprint density at radius 2 is 1.73 bits per heavy atom. The second-order valence-electron chi connectivity index (χ2n) is 5.33. The Kier molecular flexibility index (Phi) is 5.83. The lowest BCUT2D eigenvalue weighted by molar-refractivity contribution is -0.122. The molecule has 0 bridgehead atoms. The smallest absolute Gasteiger partial charge is 0.265 e. The summed E-state index contributed by atoms with van der Waals surface area (Å²) in [5, 5.41) is 2.90. The molecule has 2 aromatic carbocycles. The van der Waals surface area contributed by atoms with E-state index < -0.39 is 6.10 Å². The first-order chi connectivity index (χ1) is 10.5. The van der Waals surface area contributed by atoms with Crippen molar-refractivity contribution in [3.05, 3.63) is 57.2 Å². The van der Waals surface area contributed by atoms with Crippen LogP contribution in [0.1, 0.15) is 24.5 Å². The minimum atomic E-state index is -0.500. The molecule has 1 N–H and O–H groups in total. The topological polar surface area (TPSA) is 38.3 Å². The third kappa shape index (κ3) is 4.73. The number of ether oxygens (including phenoxy) is 1. The molecule has 1 amide bonds. The molecule has 4 heteroatoms. The van der Waals surface area contributed by atoms with E-state index >= 15 is 0 Å². The minimum Gasteiger partial charge on any atom is -0.481 e. The number of aryl methyl sites for hydroxylation is 2. The molecule has 0 saturated carbocycles. The Balaban J connectivity index is 2.06. The summed E-state index contributed by atoms with van der Waals surface area (Å²) in [6.07, 6.45) is 0.115. The predicted molar refractivity (Wildman–Crippen MR) is 98.4 cm³/mol. The number of carbonyl (C=O) groups is 1. The van der Waals surface area contributed by atoms with Crippen molar-refractivity contribution in [1.29, 1.82) is 0 Å². The lowest BCUT2D eigenvalue weighted by Crippen LogP contribution is -2.32. The summed E-state index contributed by atoms with van der Waals surface area (Å²) in [7, 11) is 0. The van der Waals surface area contributed by atoms with E-state index in [2.05, 4.69) is 34.0 Å². The Morgan fingerprint density at radius 1 is 1.14 bits per heavy atom. The van der Waals surface area contributed by atoms with Gasteiger partial charge in [0.2, 0.25) is 0 Å². The highest BCUT2D eigenvalue weighted by atomic mass is 127. The van der Waals surface area contributed by atoms with Crippen molar-refractivity contribution in [1.82, 2.24) is 0 Å². The number of anilines is 1. The number of rotatable bonds is 5. The average molecular weight is 409 g/mol. The van der Waals surface area contributed by atoms with Crippen molar-refractivity contribution < 1.29 is 9.53 Å². The first kappa shape index (κ1) is 16.8. The molecular weight excluding hydrogens is 389 g/mol. The largest absolute Gasteiger partial charge is 0.481 e. The van der Waals surface area contributed by atoms with E-state index in [4.69, 9.17) is 4.74 Å². The molecule has 0 radical (unpaired) electrons. The third-order valence-electron chi connectivity index (χ3n) is 3.25. The number of carbonyl (C=O) groups excluding carboxylic acids is 1. The van der Waals surface area contributed by atoms with E-state index in [1.165, 1.54) is 0 Å². The zero-order chi connectivity index (χ0) is 16.1. The number of hydrogen-bond donors (Lipinski definition) is 1. The summed E-state index contributed by atoms with van der Waals surface area (Å²) in [6, 6.07) is 13.7. The standard InChI is InChI=1S/C18H20INO2/c1-4-17(22-16-10-12(2)9-13(3)11-16)18(21)20-15-7-5-14(19)6-8-15/h5-11,17H,4H2,1-3H3,(H,20,21). The number of benzene rings is 2. The average Bonchev–Trinajstić information content (AvgIpc) is 2.46. The van der Waals surface area contributed by atoms with E-state index in [0.717, 1.165) is 26.1 Å². The summed E-state index contributed by atoms with van der Waals surface area (Å²) in [5.74, 6) is 0.616. The molecule has 3 nitrogen and oxygen atoms in total. The molecule has 0 aliphatic rings. The molecule has 116 valence electrons. The van der Waals surface area contributed by atoms with Crippen LogP contribution in [0, 0.1) is 17.4 Å². The van der Waals surface area contributed by atoms with Gasteiger partial charge in [-0.15, -0.1) is 0 Å². The third-order valence-corrected chi connectivity index (χ3v) is 3.97. The normalized spacial score (nSPS) is 11.8. The second kappa shape index (κ2) is 7.63. The second-order valence-corrected chi connectivity index (χ2v) is 6.58. The summed E-state index contributed by atoms with van der Waals surface area (Å²) in [6.45, 7) is 5.99. The summed E-state index contributed by atoms with van der Waals surface area (Å²) < 4.78 is 7.00. The summed E-state index contributed by atoms with van der Waals surface area (Å²) in [4.78, 5) is 12.4. The van der Waals surface area contributed by atoms with Gasteiger partial charge in [-0.05, 0) is 90.4 Å². The van der Waals surface area contributed by atoms with Crippen molar-refractivity contribution in [2.24, 2.45) is 0 Å². The van der Waals surface area contributed by atoms with Crippen LogP contribution >= 0.6 is 22.6 Å². The van der Waals surface area contributed by atoms with Gasteiger partial charge >= 0.3 is 0 Å². The first-order valence-corrected chi connectivity index (χ1v) is 8.37. The molecule has 0 aliphatic heterocycles. The lowest BCUT2D eigenvalue weighted by atomic mass is 10.1. The fraction of sp³-hybridized carbons (Fsp3) is 0.278. The zero-order valence-electron chi connectivity index (χ0n) is 13.0. The number of nitrogens with one attached hydrogen (secondary N) is 1. The maximum atomic E-state index is 12.4. The quantitative estimate of drug-likeness (QED) is 0.727. The molecule has 0 spiro atoms. The monoisotopic (exact) mass is 409 g/mol. The van der Waals surface area contributed by atoms with Gasteiger partial charge in [0.05, 0.1) is 0 Å². The molecule has 0 aliphatic carbocycles. The number of hydrogen-bond acceptors (Lipinski definition) is 2. The van der Waals surface area contributed by atoms with Gasteiger partial charge in [0.1, 0.15) is 5.75 Å². The highest BCUT2D eigenvalue weighted by molar-refractivity contribution is 14.1. The van der Waals surface area contributed by atoms with E-state index in [1.807, 2.05) is 57.2 Å². The Morgan fingerprint density at radius 3 is 2.27 bits per heavy atom. The number of amides is 1. The van der Waals surface area contributed by atoms with Crippen LogP contribution in [-0.2, 0) is 4.79 Å². The van der Waals surface area contributed by atoms with E-state index in [1.54, 1.807) is 0 Å². The highest BCUT2D eigenvalue weighted by Gasteiger charge is 2.18. The van der Waals surface area contributed by atoms with Crippen molar-refractivity contribution in [2.75, 3.05) is 5.32 Å². The maximum Gasteiger partial charge on any atom is 0.265 e. The van der Waals surface area contributed by atoms with Gasteiger partial charge in [0.25, 0.3) is 5.91 Å². The van der Waals surface area contributed by atoms with Crippen LogP contribution in [0.25, 0.3) is 0 Å². The van der Waals surface area contributed by atoms with Crippen molar-refractivity contribution in [2.45, 2.75) is 33.3 Å².